The first-order valence-corrected chi connectivity index (χ1v) is 8.08. The minimum absolute atomic E-state index is 0.427. The Morgan fingerprint density at radius 1 is 0.684 bits per heavy atom. The van der Waals surface area contributed by atoms with Crippen molar-refractivity contribution >= 4 is 18.9 Å². The molecule has 3 heteroatoms. The minimum Gasteiger partial charge on any atom is -0.376 e. The highest BCUT2D eigenvalue weighted by Gasteiger charge is 2.42. The van der Waals surface area contributed by atoms with Gasteiger partial charge in [-0.25, -0.2) is 0 Å². The van der Waals surface area contributed by atoms with E-state index in [9.17, 15) is 0 Å². The first-order valence-electron chi connectivity index (χ1n) is 6.26. The fourth-order valence-corrected chi connectivity index (χ4v) is 5.13. The van der Waals surface area contributed by atoms with E-state index in [2.05, 4.69) is 36.1 Å². The van der Waals surface area contributed by atoms with Gasteiger partial charge >= 0.3 is 8.56 Å². The van der Waals surface area contributed by atoms with Crippen LogP contribution in [0.4, 0.5) is 0 Å². The van der Waals surface area contributed by atoms with Crippen LogP contribution in [0.3, 0.4) is 0 Å². The van der Waals surface area contributed by atoms with Crippen molar-refractivity contribution in [3.05, 3.63) is 60.7 Å². The van der Waals surface area contributed by atoms with Crippen LogP contribution in [0.2, 0.25) is 0 Å². The Morgan fingerprint density at radius 3 is 1.53 bits per heavy atom. The van der Waals surface area contributed by atoms with Crippen LogP contribution in [-0.4, -0.2) is 21.8 Å². The molecule has 0 aromatic heterocycles. The van der Waals surface area contributed by atoms with Crippen LogP contribution < -0.4 is 10.4 Å². The smallest absolute Gasteiger partial charge is 0.376 e. The second-order valence-corrected chi connectivity index (χ2v) is 7.24. The van der Waals surface area contributed by atoms with Crippen molar-refractivity contribution in [3.8, 4) is 11.8 Å². The van der Waals surface area contributed by atoms with E-state index in [4.69, 9.17) is 8.85 Å². The predicted molar refractivity (Wildman–Crippen MR) is 77.6 cm³/mol. The maximum Gasteiger partial charge on any atom is 0.408 e. The van der Waals surface area contributed by atoms with Crippen LogP contribution in [0.1, 0.15) is 0 Å². The third-order valence-corrected chi connectivity index (χ3v) is 6.42. The minimum atomic E-state index is -2.61. The normalized spacial score (nSPS) is 17.1. The molecule has 0 amide bonds. The molecule has 2 nitrogen and oxygen atoms in total. The van der Waals surface area contributed by atoms with Crippen LogP contribution in [-0.2, 0) is 8.85 Å². The zero-order valence-corrected chi connectivity index (χ0v) is 11.5. The zero-order chi connectivity index (χ0) is 13.0. The number of rotatable bonds is 2. The third kappa shape index (κ3) is 2.34. The van der Waals surface area contributed by atoms with Gasteiger partial charge in [-0.3, -0.25) is 0 Å². The molecule has 0 radical (unpaired) electrons. The highest BCUT2D eigenvalue weighted by atomic mass is 28.4. The summed E-state index contributed by atoms with van der Waals surface area (Å²) in [4.78, 5) is 0. The van der Waals surface area contributed by atoms with Gasteiger partial charge in [-0.2, -0.15) is 0 Å². The highest BCUT2D eigenvalue weighted by molar-refractivity contribution is 6.92. The molecule has 0 saturated heterocycles. The molecule has 0 atom stereocenters. The lowest BCUT2D eigenvalue weighted by Crippen LogP contribution is -2.63. The summed E-state index contributed by atoms with van der Waals surface area (Å²) in [5.74, 6) is 5.96. The molecular formula is C16H14O2Si. The van der Waals surface area contributed by atoms with Crippen molar-refractivity contribution < 1.29 is 8.85 Å². The molecule has 3 rings (SSSR count). The van der Waals surface area contributed by atoms with Crippen molar-refractivity contribution in [3.63, 3.8) is 0 Å². The fourth-order valence-electron chi connectivity index (χ4n) is 2.23. The Hall–Kier alpha value is -1.86. The van der Waals surface area contributed by atoms with E-state index in [0.717, 1.165) is 10.4 Å². The van der Waals surface area contributed by atoms with Crippen LogP contribution in [0, 0.1) is 11.8 Å². The van der Waals surface area contributed by atoms with E-state index < -0.39 is 8.56 Å². The van der Waals surface area contributed by atoms with Gasteiger partial charge in [0.1, 0.15) is 0 Å². The molecule has 2 aromatic rings. The highest BCUT2D eigenvalue weighted by Crippen LogP contribution is 2.11. The summed E-state index contributed by atoms with van der Waals surface area (Å²) in [6, 6.07) is 20.4. The molecule has 0 unspecified atom stereocenters. The molecule has 0 aliphatic carbocycles. The Morgan fingerprint density at radius 2 is 1.11 bits per heavy atom. The van der Waals surface area contributed by atoms with Crippen molar-refractivity contribution in [1.29, 1.82) is 0 Å². The summed E-state index contributed by atoms with van der Waals surface area (Å²) < 4.78 is 12.2. The van der Waals surface area contributed by atoms with Gasteiger partial charge in [0.2, 0.25) is 0 Å². The zero-order valence-electron chi connectivity index (χ0n) is 10.5. The molecule has 0 N–H and O–H groups in total. The fraction of sp³-hybridized carbons (Fsp3) is 0.125. The van der Waals surface area contributed by atoms with E-state index in [0.29, 0.717) is 13.2 Å². The van der Waals surface area contributed by atoms with E-state index in [-0.39, 0.29) is 0 Å². The SMILES string of the molecule is C1#CCO[Si](c2ccccc2)(c2ccccc2)OC1. The van der Waals surface area contributed by atoms with Crippen molar-refractivity contribution in [2.24, 2.45) is 0 Å². The van der Waals surface area contributed by atoms with Gasteiger partial charge in [0.15, 0.2) is 0 Å². The van der Waals surface area contributed by atoms with E-state index >= 15 is 0 Å². The Bertz CT molecular complexity index is 545. The first-order chi connectivity index (χ1) is 9.42. The summed E-state index contributed by atoms with van der Waals surface area (Å²) in [5, 5.41) is 2.23. The molecule has 1 heterocycles. The molecule has 19 heavy (non-hydrogen) atoms. The standard InChI is InChI=1S/C16H14O2Si/c1-3-9-15(10-4-1)19(16-11-5-2-6-12-16)17-13-7-8-14-18-19/h1-6,9-12H,13-14H2. The van der Waals surface area contributed by atoms with E-state index in [1.165, 1.54) is 0 Å². The number of hydrogen-bond acceptors (Lipinski definition) is 2. The van der Waals surface area contributed by atoms with Gasteiger partial charge < -0.3 is 8.85 Å². The summed E-state index contributed by atoms with van der Waals surface area (Å²) in [7, 11) is -2.61. The Labute approximate surface area is 114 Å². The summed E-state index contributed by atoms with van der Waals surface area (Å²) in [6.45, 7) is 0.853. The lowest BCUT2D eigenvalue weighted by atomic mass is 10.4. The quantitative estimate of drug-likeness (QED) is 0.602. The van der Waals surface area contributed by atoms with Crippen LogP contribution in [0.5, 0.6) is 0 Å². The van der Waals surface area contributed by atoms with Crippen LogP contribution >= 0.6 is 0 Å². The van der Waals surface area contributed by atoms with Crippen LogP contribution in [0.25, 0.3) is 0 Å². The molecule has 0 spiro atoms. The molecule has 1 aliphatic heterocycles. The van der Waals surface area contributed by atoms with Gasteiger partial charge in [0, 0.05) is 0 Å². The average molecular weight is 266 g/mol. The van der Waals surface area contributed by atoms with Gasteiger partial charge in [0.05, 0.1) is 13.2 Å². The Balaban J connectivity index is 2.11. The molecule has 2 aromatic carbocycles. The van der Waals surface area contributed by atoms with Gasteiger partial charge in [-0.05, 0) is 10.4 Å². The topological polar surface area (TPSA) is 18.5 Å². The summed E-state index contributed by atoms with van der Waals surface area (Å²) in [5.41, 5.74) is 0. The summed E-state index contributed by atoms with van der Waals surface area (Å²) >= 11 is 0. The second kappa shape index (κ2) is 5.41. The molecule has 1 aliphatic rings. The van der Waals surface area contributed by atoms with Crippen molar-refractivity contribution in [2.45, 2.75) is 0 Å². The molecule has 0 bridgehead atoms. The predicted octanol–water partition coefficient (Wildman–Crippen LogP) is 1.29. The van der Waals surface area contributed by atoms with Crippen molar-refractivity contribution in [1.82, 2.24) is 0 Å². The lowest BCUT2D eigenvalue weighted by molar-refractivity contribution is 0.240. The largest absolute Gasteiger partial charge is 0.408 e. The number of hydrogen-bond donors (Lipinski definition) is 0. The average Bonchev–Trinajstić information content (AvgIpc) is 2.76. The monoisotopic (exact) mass is 266 g/mol. The van der Waals surface area contributed by atoms with E-state index in [1.54, 1.807) is 0 Å². The lowest BCUT2D eigenvalue weighted by Gasteiger charge is -2.29. The first kappa shape index (κ1) is 12.2. The molecule has 94 valence electrons. The molecule has 0 saturated carbocycles. The third-order valence-electron chi connectivity index (χ3n) is 3.13. The summed E-state index contributed by atoms with van der Waals surface area (Å²) in [6.07, 6.45) is 0. The van der Waals surface area contributed by atoms with E-state index in [1.807, 2.05) is 36.4 Å². The van der Waals surface area contributed by atoms with Gasteiger partial charge in [0.25, 0.3) is 0 Å². The molecule has 0 fully saturated rings. The second-order valence-electron chi connectivity index (χ2n) is 4.28. The maximum atomic E-state index is 6.11. The number of benzene rings is 2. The Kier molecular flexibility index (Phi) is 3.47. The van der Waals surface area contributed by atoms with Crippen molar-refractivity contribution in [2.75, 3.05) is 13.2 Å². The van der Waals surface area contributed by atoms with Gasteiger partial charge in [-0.1, -0.05) is 72.5 Å². The maximum absolute atomic E-state index is 6.11. The van der Waals surface area contributed by atoms with Gasteiger partial charge in [-0.15, -0.1) is 0 Å². The van der Waals surface area contributed by atoms with Crippen LogP contribution in [0.15, 0.2) is 60.7 Å². The molecular weight excluding hydrogens is 252 g/mol.